The summed E-state index contributed by atoms with van der Waals surface area (Å²) in [6, 6.07) is 40.1. The maximum absolute atomic E-state index is 10.7. The highest BCUT2D eigenvalue weighted by molar-refractivity contribution is 5.46. The van der Waals surface area contributed by atoms with Crippen molar-refractivity contribution >= 4 is 22.7 Å². The number of ether oxygens (including phenoxy) is 4. The molecular weight excluding hydrogens is 616 g/mol. The lowest BCUT2D eigenvalue weighted by Crippen LogP contribution is -1.90. The summed E-state index contributed by atoms with van der Waals surface area (Å²) in [5.74, 6) is 4.69. The zero-order valence-corrected chi connectivity index (χ0v) is 25.2. The lowest BCUT2D eigenvalue weighted by molar-refractivity contribution is -0.385. The molecule has 0 aromatic heterocycles. The molecule has 6 aromatic carbocycles. The first-order valence-corrected chi connectivity index (χ1v) is 14.3. The lowest BCUT2D eigenvalue weighted by atomic mass is 10.3. The fraction of sp³-hybridized carbons (Fsp3) is 0. The van der Waals surface area contributed by atoms with Gasteiger partial charge in [0.05, 0.1) is 9.85 Å². The molecule has 0 aliphatic rings. The molecule has 0 heterocycles. The quantitative estimate of drug-likeness (QED) is 0.0829. The van der Waals surface area contributed by atoms with Gasteiger partial charge in [-0.2, -0.15) is 0 Å². The molecular formula is C36H28N4O8. The number of anilines is 2. The van der Waals surface area contributed by atoms with Gasteiger partial charge < -0.3 is 30.4 Å². The van der Waals surface area contributed by atoms with Crippen LogP contribution in [0.4, 0.5) is 22.7 Å². The minimum atomic E-state index is -0.484. The van der Waals surface area contributed by atoms with E-state index in [9.17, 15) is 20.2 Å². The minimum Gasteiger partial charge on any atom is -0.457 e. The lowest BCUT2D eigenvalue weighted by Gasteiger charge is -2.09. The average Bonchev–Trinajstić information content (AvgIpc) is 3.08. The van der Waals surface area contributed by atoms with E-state index >= 15 is 0 Å². The number of hydrogen-bond donors (Lipinski definition) is 2. The molecule has 6 aromatic rings. The van der Waals surface area contributed by atoms with E-state index in [1.807, 2.05) is 48.5 Å². The van der Waals surface area contributed by atoms with E-state index in [0.29, 0.717) is 45.9 Å². The molecule has 0 amide bonds. The molecule has 0 fully saturated rings. The van der Waals surface area contributed by atoms with Crippen LogP contribution in [0.3, 0.4) is 0 Å². The summed E-state index contributed by atoms with van der Waals surface area (Å²) < 4.78 is 22.9. The molecule has 4 N–H and O–H groups in total. The van der Waals surface area contributed by atoms with Gasteiger partial charge in [0.1, 0.15) is 46.0 Å². The first-order chi connectivity index (χ1) is 23.2. The average molecular weight is 645 g/mol. The van der Waals surface area contributed by atoms with E-state index in [-0.39, 0.29) is 11.4 Å². The Morgan fingerprint density at radius 3 is 0.875 bits per heavy atom. The number of nitrogens with zero attached hydrogens (tertiary/aromatic N) is 2. The second-order valence-corrected chi connectivity index (χ2v) is 10.00. The van der Waals surface area contributed by atoms with Crippen LogP contribution < -0.4 is 30.4 Å². The summed E-state index contributed by atoms with van der Waals surface area (Å²) in [4.78, 5) is 20.3. The van der Waals surface area contributed by atoms with Crippen LogP contribution in [-0.2, 0) is 0 Å². The summed E-state index contributed by atoms with van der Waals surface area (Å²) >= 11 is 0. The first-order valence-electron chi connectivity index (χ1n) is 14.3. The Bertz CT molecular complexity index is 1850. The monoisotopic (exact) mass is 644 g/mol. The molecule has 48 heavy (non-hydrogen) atoms. The van der Waals surface area contributed by atoms with Crippen molar-refractivity contribution in [3.8, 4) is 46.0 Å². The van der Waals surface area contributed by atoms with Gasteiger partial charge in [0.25, 0.3) is 11.4 Å². The third kappa shape index (κ3) is 9.46. The number of non-ortho nitro benzene ring substituents is 2. The molecule has 0 saturated carbocycles. The zero-order valence-electron chi connectivity index (χ0n) is 25.2. The molecule has 0 radical (unpaired) electrons. The molecule has 0 atom stereocenters. The van der Waals surface area contributed by atoms with Gasteiger partial charge in [-0.1, -0.05) is 12.1 Å². The van der Waals surface area contributed by atoms with Crippen LogP contribution in [0.1, 0.15) is 0 Å². The highest BCUT2D eigenvalue weighted by Gasteiger charge is 2.08. The van der Waals surface area contributed by atoms with E-state index in [4.69, 9.17) is 30.4 Å². The van der Waals surface area contributed by atoms with E-state index < -0.39 is 9.85 Å². The van der Waals surface area contributed by atoms with Crippen LogP contribution in [0.5, 0.6) is 46.0 Å². The third-order valence-electron chi connectivity index (χ3n) is 6.41. The molecule has 0 aliphatic carbocycles. The second kappa shape index (κ2) is 15.3. The van der Waals surface area contributed by atoms with Crippen molar-refractivity contribution in [3.63, 3.8) is 0 Å². The Labute approximate surface area is 274 Å². The van der Waals surface area contributed by atoms with E-state index in [1.165, 1.54) is 48.5 Å². The van der Waals surface area contributed by atoms with E-state index in [1.54, 1.807) is 48.5 Å². The number of nitrogens with two attached hydrogens (primary N) is 2. The predicted octanol–water partition coefficient (Wildman–Crippen LogP) is 9.52. The molecule has 0 spiro atoms. The Morgan fingerprint density at radius 1 is 0.375 bits per heavy atom. The van der Waals surface area contributed by atoms with E-state index in [2.05, 4.69) is 0 Å². The highest BCUT2D eigenvalue weighted by Crippen LogP contribution is 2.31. The SMILES string of the molecule is Nc1ccc(Oc2cccc(Oc3ccc(N)cc3)c2)cc1.O=[N+]([O-])c1ccc(Oc2cccc(Oc3ccc([N+](=O)[O-])cc3)c2)cc1. The summed E-state index contributed by atoms with van der Waals surface area (Å²) in [7, 11) is 0. The number of benzene rings is 6. The fourth-order valence-corrected chi connectivity index (χ4v) is 4.09. The van der Waals surface area contributed by atoms with Gasteiger partial charge in [0.15, 0.2) is 0 Å². The smallest absolute Gasteiger partial charge is 0.269 e. The van der Waals surface area contributed by atoms with Crippen molar-refractivity contribution in [1.29, 1.82) is 0 Å². The maximum atomic E-state index is 10.7. The normalized spacial score (nSPS) is 10.2. The van der Waals surface area contributed by atoms with Gasteiger partial charge in [-0.3, -0.25) is 20.2 Å². The zero-order chi connectivity index (χ0) is 33.9. The third-order valence-corrected chi connectivity index (χ3v) is 6.41. The van der Waals surface area contributed by atoms with Crippen molar-refractivity contribution in [2.24, 2.45) is 0 Å². The van der Waals surface area contributed by atoms with Gasteiger partial charge >= 0.3 is 0 Å². The van der Waals surface area contributed by atoms with Gasteiger partial charge in [0, 0.05) is 47.8 Å². The predicted molar refractivity (Wildman–Crippen MR) is 181 cm³/mol. The molecule has 240 valence electrons. The Kier molecular flexibility index (Phi) is 10.3. The Hall–Kier alpha value is -7.08. The van der Waals surface area contributed by atoms with Crippen molar-refractivity contribution < 1.29 is 28.8 Å². The minimum absolute atomic E-state index is 0.0207. The number of nitrogen functional groups attached to an aromatic ring is 2. The summed E-state index contributed by atoms with van der Waals surface area (Å²) in [5.41, 5.74) is 12.7. The largest absolute Gasteiger partial charge is 0.457 e. The van der Waals surface area contributed by atoms with Crippen LogP contribution >= 0.6 is 0 Å². The number of nitro groups is 2. The maximum Gasteiger partial charge on any atom is 0.269 e. The Balaban J connectivity index is 0.000000190. The molecule has 0 aliphatic heterocycles. The van der Waals surface area contributed by atoms with Crippen molar-refractivity contribution in [1.82, 2.24) is 0 Å². The van der Waals surface area contributed by atoms with Crippen LogP contribution in [0, 0.1) is 20.2 Å². The van der Waals surface area contributed by atoms with Gasteiger partial charge in [-0.05, 0) is 97.1 Å². The first kappa shape index (κ1) is 32.3. The molecule has 0 saturated heterocycles. The van der Waals surface area contributed by atoms with Crippen molar-refractivity contribution in [2.45, 2.75) is 0 Å². The van der Waals surface area contributed by atoms with Crippen molar-refractivity contribution in [2.75, 3.05) is 11.5 Å². The standard InChI is InChI=1S/C18H12N2O6.C18H16N2O2/c21-19(22)13-4-8-15(9-5-13)25-17-2-1-3-18(12-17)26-16-10-6-14(7-11-16)20(23)24;19-13-4-8-15(9-5-13)21-17-2-1-3-18(12-17)22-16-10-6-14(20)7-11-16/h1-12H;1-12H,19-20H2. The van der Waals surface area contributed by atoms with Crippen LogP contribution in [0.15, 0.2) is 146 Å². The highest BCUT2D eigenvalue weighted by atomic mass is 16.6. The molecule has 0 unspecified atom stereocenters. The number of hydrogen-bond acceptors (Lipinski definition) is 10. The number of rotatable bonds is 10. The Morgan fingerprint density at radius 2 is 0.625 bits per heavy atom. The van der Waals surface area contributed by atoms with Crippen LogP contribution in [0.25, 0.3) is 0 Å². The topological polar surface area (TPSA) is 175 Å². The molecule has 12 heteroatoms. The van der Waals surface area contributed by atoms with Gasteiger partial charge in [-0.25, -0.2) is 0 Å². The number of nitro benzene ring substituents is 2. The summed E-state index contributed by atoms with van der Waals surface area (Å²) in [6.45, 7) is 0. The fourth-order valence-electron chi connectivity index (χ4n) is 4.09. The van der Waals surface area contributed by atoms with Gasteiger partial charge in [0.2, 0.25) is 0 Å². The molecule has 0 bridgehead atoms. The molecule has 6 rings (SSSR count). The van der Waals surface area contributed by atoms with Crippen molar-refractivity contribution in [3.05, 3.63) is 166 Å². The van der Waals surface area contributed by atoms with Crippen LogP contribution in [0.2, 0.25) is 0 Å². The van der Waals surface area contributed by atoms with Gasteiger partial charge in [-0.15, -0.1) is 0 Å². The van der Waals surface area contributed by atoms with E-state index in [0.717, 1.165) is 11.5 Å². The summed E-state index contributed by atoms with van der Waals surface area (Å²) in [6.07, 6.45) is 0. The summed E-state index contributed by atoms with van der Waals surface area (Å²) in [5, 5.41) is 21.3. The molecule has 12 nitrogen and oxygen atoms in total. The second-order valence-electron chi connectivity index (χ2n) is 10.00. The van der Waals surface area contributed by atoms with Crippen LogP contribution in [-0.4, -0.2) is 9.85 Å².